The van der Waals surface area contributed by atoms with E-state index in [0.29, 0.717) is 6.42 Å². The van der Waals surface area contributed by atoms with Crippen LogP contribution in [0.1, 0.15) is 19.3 Å². The van der Waals surface area contributed by atoms with Crippen molar-refractivity contribution in [1.29, 1.82) is 0 Å². The summed E-state index contributed by atoms with van der Waals surface area (Å²) in [4.78, 5) is 10.8. The van der Waals surface area contributed by atoms with E-state index in [-0.39, 0.29) is 12.8 Å². The molecule has 3 heteroatoms. The molecular weight excluding hydrogens is 147 g/mol. The lowest BCUT2D eigenvalue weighted by atomic mass is 10.1. The van der Waals surface area contributed by atoms with Crippen LogP contribution in [0, 0.1) is 0 Å². The van der Waals surface area contributed by atoms with E-state index in [1.807, 2.05) is 0 Å². The number of hydrogen-bond donors (Lipinski definition) is 0. The fourth-order valence-electron chi connectivity index (χ4n) is 1.31. The van der Waals surface area contributed by atoms with Crippen molar-refractivity contribution in [2.45, 2.75) is 24.9 Å². The fraction of sp³-hybridized carbons (Fsp3) is 0.625. The summed E-state index contributed by atoms with van der Waals surface area (Å²) in [6.45, 7) is 3.62. The zero-order chi connectivity index (χ0) is 8.48. The van der Waals surface area contributed by atoms with E-state index in [2.05, 4.69) is 11.3 Å². The molecule has 0 spiro atoms. The zero-order valence-corrected chi connectivity index (χ0v) is 6.52. The Morgan fingerprint density at radius 2 is 2.45 bits per heavy atom. The molecule has 0 aromatic heterocycles. The predicted octanol–water partition coefficient (Wildman–Crippen LogP) is 1.61. The topological polar surface area (TPSA) is 26.3 Å². The number of methoxy groups -OCH3 is 1. The average Bonchev–Trinajstić information content (AvgIpc) is 2.31. The Morgan fingerprint density at radius 1 is 1.82 bits per heavy atom. The lowest BCUT2D eigenvalue weighted by Crippen LogP contribution is -2.31. The zero-order valence-electron chi connectivity index (χ0n) is 6.52. The van der Waals surface area contributed by atoms with Crippen LogP contribution in [0.2, 0.25) is 0 Å². The fourth-order valence-corrected chi connectivity index (χ4v) is 1.31. The molecule has 0 heterocycles. The molecule has 1 rings (SSSR count). The third-order valence-corrected chi connectivity index (χ3v) is 1.96. The molecule has 0 bridgehead atoms. The lowest BCUT2D eigenvalue weighted by Gasteiger charge is -2.14. The Balaban J connectivity index is 2.69. The SMILES string of the molecule is C=C1CCC(F)(C(=O)OC)C1. The van der Waals surface area contributed by atoms with Crippen LogP contribution in [0.15, 0.2) is 12.2 Å². The molecular formula is C8H11FO2. The molecule has 1 atom stereocenters. The number of hydrogen-bond acceptors (Lipinski definition) is 2. The van der Waals surface area contributed by atoms with E-state index in [4.69, 9.17) is 0 Å². The maximum atomic E-state index is 13.4. The molecule has 0 saturated heterocycles. The van der Waals surface area contributed by atoms with Crippen molar-refractivity contribution in [2.24, 2.45) is 0 Å². The maximum absolute atomic E-state index is 13.4. The number of rotatable bonds is 1. The summed E-state index contributed by atoms with van der Waals surface area (Å²) in [6.07, 6.45) is 0.934. The van der Waals surface area contributed by atoms with Crippen molar-refractivity contribution in [2.75, 3.05) is 7.11 Å². The number of halogens is 1. The maximum Gasteiger partial charge on any atom is 0.343 e. The van der Waals surface area contributed by atoms with E-state index in [0.717, 1.165) is 5.57 Å². The van der Waals surface area contributed by atoms with Crippen LogP contribution in [0.25, 0.3) is 0 Å². The van der Waals surface area contributed by atoms with Crippen LogP contribution in [-0.4, -0.2) is 18.7 Å². The molecule has 11 heavy (non-hydrogen) atoms. The molecule has 0 radical (unpaired) electrons. The Labute approximate surface area is 65.0 Å². The van der Waals surface area contributed by atoms with Crippen molar-refractivity contribution in [3.63, 3.8) is 0 Å². The molecule has 1 saturated carbocycles. The highest BCUT2D eigenvalue weighted by Crippen LogP contribution is 2.37. The van der Waals surface area contributed by atoms with Gasteiger partial charge in [-0.1, -0.05) is 12.2 Å². The van der Waals surface area contributed by atoms with E-state index in [1.165, 1.54) is 7.11 Å². The van der Waals surface area contributed by atoms with Crippen molar-refractivity contribution in [3.05, 3.63) is 12.2 Å². The molecule has 0 amide bonds. The molecule has 1 aliphatic rings. The predicted molar refractivity (Wildman–Crippen MR) is 38.8 cm³/mol. The van der Waals surface area contributed by atoms with Gasteiger partial charge >= 0.3 is 5.97 Å². The quantitative estimate of drug-likeness (QED) is 0.428. The lowest BCUT2D eigenvalue weighted by molar-refractivity contribution is -0.154. The van der Waals surface area contributed by atoms with Crippen LogP contribution in [-0.2, 0) is 9.53 Å². The summed E-state index contributed by atoms with van der Waals surface area (Å²) in [5.74, 6) is -0.767. The Morgan fingerprint density at radius 3 is 2.82 bits per heavy atom. The van der Waals surface area contributed by atoms with E-state index in [9.17, 15) is 9.18 Å². The smallest absolute Gasteiger partial charge is 0.343 e. The second kappa shape index (κ2) is 2.64. The summed E-state index contributed by atoms with van der Waals surface area (Å²) in [7, 11) is 1.20. The Hall–Kier alpha value is -0.860. The number of esters is 1. The normalized spacial score (nSPS) is 30.5. The van der Waals surface area contributed by atoms with Crippen LogP contribution >= 0.6 is 0 Å². The van der Waals surface area contributed by atoms with Gasteiger partial charge in [-0.3, -0.25) is 0 Å². The molecule has 62 valence electrons. The van der Waals surface area contributed by atoms with Gasteiger partial charge in [-0.05, 0) is 12.8 Å². The van der Waals surface area contributed by atoms with E-state index < -0.39 is 11.6 Å². The second-order valence-electron chi connectivity index (χ2n) is 2.88. The Bertz CT molecular complexity index is 200. The van der Waals surface area contributed by atoms with Gasteiger partial charge in [-0.25, -0.2) is 9.18 Å². The van der Waals surface area contributed by atoms with Crippen molar-refractivity contribution in [1.82, 2.24) is 0 Å². The van der Waals surface area contributed by atoms with Gasteiger partial charge in [-0.2, -0.15) is 0 Å². The number of carbonyl (C=O) groups excluding carboxylic acids is 1. The van der Waals surface area contributed by atoms with Gasteiger partial charge in [0.05, 0.1) is 7.11 Å². The first-order valence-electron chi connectivity index (χ1n) is 3.52. The summed E-state index contributed by atoms with van der Waals surface area (Å²) < 4.78 is 17.8. The summed E-state index contributed by atoms with van der Waals surface area (Å²) in [6, 6.07) is 0. The molecule has 0 N–H and O–H groups in total. The van der Waals surface area contributed by atoms with Crippen LogP contribution in [0.3, 0.4) is 0 Å². The minimum absolute atomic E-state index is 0.125. The molecule has 1 unspecified atom stereocenters. The highest BCUT2D eigenvalue weighted by molar-refractivity contribution is 5.80. The third-order valence-electron chi connectivity index (χ3n) is 1.96. The minimum Gasteiger partial charge on any atom is -0.467 e. The van der Waals surface area contributed by atoms with E-state index >= 15 is 0 Å². The van der Waals surface area contributed by atoms with Gasteiger partial charge in [0.1, 0.15) is 0 Å². The van der Waals surface area contributed by atoms with Crippen molar-refractivity contribution >= 4 is 5.97 Å². The van der Waals surface area contributed by atoms with Crippen molar-refractivity contribution in [3.8, 4) is 0 Å². The van der Waals surface area contributed by atoms with Gasteiger partial charge in [0, 0.05) is 6.42 Å². The molecule has 2 nitrogen and oxygen atoms in total. The average molecular weight is 158 g/mol. The summed E-state index contributed by atoms with van der Waals surface area (Å²) >= 11 is 0. The first-order valence-corrected chi connectivity index (χ1v) is 3.52. The summed E-state index contributed by atoms with van der Waals surface area (Å²) in [5, 5.41) is 0. The van der Waals surface area contributed by atoms with Gasteiger partial charge in [0.15, 0.2) is 0 Å². The first kappa shape index (κ1) is 8.24. The molecule has 0 aromatic rings. The van der Waals surface area contributed by atoms with Crippen LogP contribution in [0.5, 0.6) is 0 Å². The molecule has 0 aliphatic heterocycles. The van der Waals surface area contributed by atoms with Gasteiger partial charge in [0.25, 0.3) is 0 Å². The highest BCUT2D eigenvalue weighted by Gasteiger charge is 2.44. The summed E-state index contributed by atoms with van der Waals surface area (Å²) in [5.41, 5.74) is -0.996. The number of alkyl halides is 1. The minimum atomic E-state index is -1.79. The van der Waals surface area contributed by atoms with Gasteiger partial charge in [-0.15, -0.1) is 0 Å². The van der Waals surface area contributed by atoms with Crippen LogP contribution < -0.4 is 0 Å². The molecule has 1 fully saturated rings. The largest absolute Gasteiger partial charge is 0.467 e. The van der Waals surface area contributed by atoms with Gasteiger partial charge < -0.3 is 4.74 Å². The highest BCUT2D eigenvalue weighted by atomic mass is 19.1. The second-order valence-corrected chi connectivity index (χ2v) is 2.88. The van der Waals surface area contributed by atoms with E-state index in [1.54, 1.807) is 0 Å². The molecule has 0 aromatic carbocycles. The number of allylic oxidation sites excluding steroid dienone is 1. The van der Waals surface area contributed by atoms with Crippen LogP contribution in [0.4, 0.5) is 4.39 Å². The third kappa shape index (κ3) is 1.42. The Kier molecular flexibility index (Phi) is 1.98. The number of ether oxygens (including phenoxy) is 1. The standard InChI is InChI=1S/C8H11FO2/c1-6-3-4-8(9,5-6)7(10)11-2/h1,3-5H2,2H3. The molecule has 1 aliphatic carbocycles. The first-order chi connectivity index (χ1) is 5.08. The number of carbonyl (C=O) groups is 1. The monoisotopic (exact) mass is 158 g/mol. The van der Waals surface area contributed by atoms with Crippen molar-refractivity contribution < 1.29 is 13.9 Å². The van der Waals surface area contributed by atoms with Gasteiger partial charge in [0.2, 0.25) is 5.67 Å².